The Labute approximate surface area is 204 Å². The first-order valence-electron chi connectivity index (χ1n) is 11.6. The maximum Gasteiger partial charge on any atom is 0.268 e. The van der Waals surface area contributed by atoms with Crippen molar-refractivity contribution in [3.63, 3.8) is 0 Å². The number of piperazine rings is 1. The average molecular weight is 482 g/mol. The summed E-state index contributed by atoms with van der Waals surface area (Å²) in [5.41, 5.74) is 2.08. The smallest absolute Gasteiger partial charge is 0.268 e. The number of hydrogen-bond donors (Lipinski definition) is 1. The third-order valence-corrected chi connectivity index (χ3v) is 6.67. The van der Waals surface area contributed by atoms with Crippen LogP contribution in [0.3, 0.4) is 0 Å². The summed E-state index contributed by atoms with van der Waals surface area (Å²) in [6.45, 7) is 9.25. The summed E-state index contributed by atoms with van der Waals surface area (Å²) in [5.74, 6) is 1.29. The van der Waals surface area contributed by atoms with Crippen LogP contribution in [0, 0.1) is 5.92 Å². The molecule has 3 heterocycles. The Kier molecular flexibility index (Phi) is 7.74. The SMILES string of the molecule is CC(=O)N[C@H](CC(C)C)C(=O)N1CCN(Cc2cccc(-c3noc(-c4cccs4)n3)c2)CC1. The maximum absolute atomic E-state index is 13.0. The molecular weight excluding hydrogens is 450 g/mol. The van der Waals surface area contributed by atoms with E-state index in [0.717, 1.165) is 35.6 Å². The summed E-state index contributed by atoms with van der Waals surface area (Å²) < 4.78 is 5.43. The maximum atomic E-state index is 13.0. The van der Waals surface area contributed by atoms with Crippen LogP contribution in [0.5, 0.6) is 0 Å². The van der Waals surface area contributed by atoms with Gasteiger partial charge in [0.2, 0.25) is 17.6 Å². The van der Waals surface area contributed by atoms with Crippen LogP contribution in [0.4, 0.5) is 0 Å². The molecule has 180 valence electrons. The van der Waals surface area contributed by atoms with Crippen LogP contribution in [0.2, 0.25) is 0 Å². The van der Waals surface area contributed by atoms with Crippen LogP contribution in [0.1, 0.15) is 32.8 Å². The number of carbonyl (C=O) groups excluding carboxylic acids is 2. The first-order valence-corrected chi connectivity index (χ1v) is 12.5. The highest BCUT2D eigenvalue weighted by Crippen LogP contribution is 2.26. The molecule has 1 aromatic carbocycles. The van der Waals surface area contributed by atoms with Gasteiger partial charge in [-0.15, -0.1) is 11.3 Å². The molecule has 4 rings (SSSR count). The zero-order valence-corrected chi connectivity index (χ0v) is 20.7. The molecule has 0 aliphatic carbocycles. The summed E-state index contributed by atoms with van der Waals surface area (Å²) in [6, 6.07) is 11.7. The Morgan fingerprint density at radius 1 is 1.15 bits per heavy atom. The molecule has 2 amide bonds. The van der Waals surface area contributed by atoms with Crippen LogP contribution in [0.25, 0.3) is 22.2 Å². The quantitative estimate of drug-likeness (QED) is 0.528. The van der Waals surface area contributed by atoms with Gasteiger partial charge in [-0.2, -0.15) is 4.98 Å². The third-order valence-electron chi connectivity index (χ3n) is 5.82. The highest BCUT2D eigenvalue weighted by molar-refractivity contribution is 7.13. The second-order valence-corrected chi connectivity index (χ2v) is 10.0. The molecule has 9 heteroatoms. The fraction of sp³-hybridized carbons (Fsp3) is 0.440. The van der Waals surface area contributed by atoms with E-state index in [9.17, 15) is 9.59 Å². The first kappa shape index (κ1) is 24.1. The highest BCUT2D eigenvalue weighted by Gasteiger charge is 2.28. The molecule has 1 atom stereocenters. The van der Waals surface area contributed by atoms with E-state index in [1.54, 1.807) is 11.3 Å². The van der Waals surface area contributed by atoms with E-state index in [0.29, 0.717) is 37.1 Å². The molecule has 1 aliphatic rings. The van der Waals surface area contributed by atoms with E-state index in [4.69, 9.17) is 4.52 Å². The van der Waals surface area contributed by atoms with Crippen LogP contribution in [0.15, 0.2) is 46.3 Å². The molecule has 0 radical (unpaired) electrons. The summed E-state index contributed by atoms with van der Waals surface area (Å²) in [5, 5.41) is 8.96. The summed E-state index contributed by atoms with van der Waals surface area (Å²) >= 11 is 1.57. The van der Waals surface area contributed by atoms with Crippen molar-refractivity contribution in [1.29, 1.82) is 0 Å². The second-order valence-electron chi connectivity index (χ2n) is 9.08. The molecule has 0 bridgehead atoms. The molecule has 3 aromatic rings. The summed E-state index contributed by atoms with van der Waals surface area (Å²) in [6.07, 6.45) is 0.649. The van der Waals surface area contributed by atoms with Crippen molar-refractivity contribution in [3.05, 3.63) is 47.3 Å². The van der Waals surface area contributed by atoms with Gasteiger partial charge in [0, 0.05) is 45.2 Å². The molecule has 1 aliphatic heterocycles. The van der Waals surface area contributed by atoms with Gasteiger partial charge in [-0.25, -0.2) is 0 Å². The Morgan fingerprint density at radius 3 is 2.62 bits per heavy atom. The van der Waals surface area contributed by atoms with Crippen molar-refractivity contribution in [2.45, 2.75) is 39.8 Å². The average Bonchev–Trinajstić information content (AvgIpc) is 3.50. The fourth-order valence-electron chi connectivity index (χ4n) is 4.19. The number of amides is 2. The molecule has 0 saturated carbocycles. The van der Waals surface area contributed by atoms with Gasteiger partial charge in [-0.05, 0) is 35.4 Å². The first-order chi connectivity index (χ1) is 16.4. The van der Waals surface area contributed by atoms with Gasteiger partial charge in [0.1, 0.15) is 6.04 Å². The van der Waals surface area contributed by atoms with Gasteiger partial charge in [-0.3, -0.25) is 14.5 Å². The van der Waals surface area contributed by atoms with E-state index < -0.39 is 6.04 Å². The van der Waals surface area contributed by atoms with E-state index in [2.05, 4.69) is 46.3 Å². The number of nitrogens with zero attached hydrogens (tertiary/aromatic N) is 4. The lowest BCUT2D eigenvalue weighted by atomic mass is 10.0. The van der Waals surface area contributed by atoms with E-state index >= 15 is 0 Å². The molecule has 1 N–H and O–H groups in total. The lowest BCUT2D eigenvalue weighted by molar-refractivity contribution is -0.138. The van der Waals surface area contributed by atoms with Crippen molar-refractivity contribution in [1.82, 2.24) is 25.3 Å². The summed E-state index contributed by atoms with van der Waals surface area (Å²) in [4.78, 5) is 34.3. The summed E-state index contributed by atoms with van der Waals surface area (Å²) in [7, 11) is 0. The molecule has 1 saturated heterocycles. The van der Waals surface area contributed by atoms with Crippen LogP contribution >= 0.6 is 11.3 Å². The topological polar surface area (TPSA) is 91.6 Å². The lowest BCUT2D eigenvalue weighted by Crippen LogP contribution is -2.54. The Hall–Kier alpha value is -3.04. The number of benzene rings is 1. The van der Waals surface area contributed by atoms with Crippen molar-refractivity contribution in [3.8, 4) is 22.2 Å². The van der Waals surface area contributed by atoms with Gasteiger partial charge >= 0.3 is 0 Å². The Morgan fingerprint density at radius 2 is 1.94 bits per heavy atom. The zero-order valence-electron chi connectivity index (χ0n) is 19.9. The Bertz CT molecular complexity index is 1100. The number of hydrogen-bond acceptors (Lipinski definition) is 7. The Balaban J connectivity index is 1.34. The molecule has 2 aromatic heterocycles. The van der Waals surface area contributed by atoms with E-state index in [-0.39, 0.29) is 11.8 Å². The second kappa shape index (κ2) is 10.9. The monoisotopic (exact) mass is 481 g/mol. The van der Waals surface area contributed by atoms with Crippen molar-refractivity contribution >= 4 is 23.2 Å². The van der Waals surface area contributed by atoms with Crippen LogP contribution in [-0.2, 0) is 16.1 Å². The largest absolute Gasteiger partial charge is 0.345 e. The van der Waals surface area contributed by atoms with Gasteiger partial charge in [0.25, 0.3) is 5.89 Å². The van der Waals surface area contributed by atoms with Gasteiger partial charge in [-0.1, -0.05) is 43.3 Å². The number of thiophene rings is 1. The highest BCUT2D eigenvalue weighted by atomic mass is 32.1. The van der Waals surface area contributed by atoms with Crippen molar-refractivity contribution < 1.29 is 14.1 Å². The minimum atomic E-state index is -0.449. The van der Waals surface area contributed by atoms with E-state index in [1.807, 2.05) is 34.5 Å². The molecule has 0 spiro atoms. The molecular formula is C25H31N5O3S. The number of nitrogens with one attached hydrogen (secondary N) is 1. The third kappa shape index (κ3) is 6.09. The number of rotatable bonds is 8. The number of aromatic nitrogens is 2. The molecule has 0 unspecified atom stereocenters. The zero-order chi connectivity index (χ0) is 24.1. The van der Waals surface area contributed by atoms with Crippen molar-refractivity contribution in [2.24, 2.45) is 5.92 Å². The predicted molar refractivity (Wildman–Crippen MR) is 132 cm³/mol. The molecule has 8 nitrogen and oxygen atoms in total. The predicted octanol–water partition coefficient (Wildman–Crippen LogP) is 3.66. The fourth-order valence-corrected chi connectivity index (χ4v) is 4.84. The lowest BCUT2D eigenvalue weighted by Gasteiger charge is -2.36. The van der Waals surface area contributed by atoms with Gasteiger partial charge in [0.05, 0.1) is 4.88 Å². The minimum absolute atomic E-state index is 0.0178. The van der Waals surface area contributed by atoms with E-state index in [1.165, 1.54) is 6.92 Å². The van der Waals surface area contributed by atoms with Gasteiger partial charge in [0.15, 0.2) is 0 Å². The van der Waals surface area contributed by atoms with Crippen LogP contribution < -0.4 is 5.32 Å². The molecule has 1 fully saturated rings. The van der Waals surface area contributed by atoms with Crippen LogP contribution in [-0.4, -0.2) is 64.0 Å². The minimum Gasteiger partial charge on any atom is -0.345 e. The van der Waals surface area contributed by atoms with Crippen molar-refractivity contribution in [2.75, 3.05) is 26.2 Å². The van der Waals surface area contributed by atoms with Gasteiger partial charge < -0.3 is 14.7 Å². The molecule has 34 heavy (non-hydrogen) atoms. The normalized spacial score (nSPS) is 15.5. The number of carbonyl (C=O) groups is 2. The standard InChI is InChI=1S/C25H31N5O3S/c1-17(2)14-21(26-18(3)31)25(32)30-11-9-29(10-12-30)16-19-6-4-7-20(15-19)23-27-24(33-28-23)22-8-5-13-34-22/h4-8,13,15,17,21H,9-12,14,16H2,1-3H3,(H,26,31)/t21-/m1/s1.